The van der Waals surface area contributed by atoms with Gasteiger partial charge in [-0.15, -0.1) is 0 Å². The minimum atomic E-state index is -0.262. The molecule has 4 heterocycles. The number of ether oxygens (including phenoxy) is 1. The molecule has 0 bridgehead atoms. The number of nitrogens with zero attached hydrogens (tertiary/aromatic N) is 7. The molecule has 2 aromatic carbocycles. The molecule has 43 heavy (non-hydrogen) atoms. The number of hydrogen-bond acceptors (Lipinski definition) is 8. The van der Waals surface area contributed by atoms with Crippen molar-refractivity contribution in [3.8, 4) is 12.1 Å². The SMILES string of the molecule is C=CC(=O)N1CCN(c2nc(OCC3CCCN3CC)nc3c2CCN(c2ccc(F)c4ccccc24)C3)CC1CC#N. The van der Waals surface area contributed by atoms with Crippen molar-refractivity contribution in [2.24, 2.45) is 0 Å². The number of nitriles is 1. The molecular weight excluding hydrogens is 545 g/mol. The summed E-state index contributed by atoms with van der Waals surface area (Å²) in [6.45, 7) is 11.2. The first-order valence-electron chi connectivity index (χ1n) is 15.2. The maximum absolute atomic E-state index is 14.6. The van der Waals surface area contributed by atoms with Crippen LogP contribution in [-0.2, 0) is 17.8 Å². The molecule has 0 N–H and O–H groups in total. The zero-order valence-electron chi connectivity index (χ0n) is 24.7. The highest BCUT2D eigenvalue weighted by molar-refractivity contribution is 5.94. The van der Waals surface area contributed by atoms with E-state index in [1.54, 1.807) is 4.90 Å². The summed E-state index contributed by atoms with van der Waals surface area (Å²) in [6.07, 6.45) is 4.50. The van der Waals surface area contributed by atoms with Crippen molar-refractivity contribution in [1.82, 2.24) is 19.8 Å². The third-order valence-corrected chi connectivity index (χ3v) is 9.09. The Morgan fingerprint density at radius 3 is 2.74 bits per heavy atom. The van der Waals surface area contributed by atoms with Gasteiger partial charge in [0.2, 0.25) is 5.91 Å². The van der Waals surface area contributed by atoms with E-state index in [0.717, 1.165) is 60.6 Å². The summed E-state index contributed by atoms with van der Waals surface area (Å²) in [4.78, 5) is 31.0. The number of carbonyl (C=O) groups excluding carboxylic acids is 1. The molecule has 2 saturated heterocycles. The molecule has 1 amide bonds. The first kappa shape index (κ1) is 28.9. The van der Waals surface area contributed by atoms with Gasteiger partial charge in [0.25, 0.3) is 0 Å². The molecule has 2 unspecified atom stereocenters. The van der Waals surface area contributed by atoms with Crippen LogP contribution in [0.2, 0.25) is 0 Å². The van der Waals surface area contributed by atoms with Crippen LogP contribution in [0.1, 0.15) is 37.4 Å². The maximum atomic E-state index is 14.6. The Morgan fingerprint density at radius 2 is 1.95 bits per heavy atom. The number of carbonyl (C=O) groups is 1. The van der Waals surface area contributed by atoms with Gasteiger partial charge in [0.1, 0.15) is 18.2 Å². The number of likely N-dealkylation sites (N-methyl/N-ethyl adjacent to an activating group) is 1. The lowest BCUT2D eigenvalue weighted by molar-refractivity contribution is -0.128. The molecule has 0 spiro atoms. The van der Waals surface area contributed by atoms with Crippen molar-refractivity contribution in [3.63, 3.8) is 0 Å². The summed E-state index contributed by atoms with van der Waals surface area (Å²) in [6, 6.07) is 13.6. The van der Waals surface area contributed by atoms with Gasteiger partial charge >= 0.3 is 6.01 Å². The van der Waals surface area contributed by atoms with Crippen LogP contribution in [0.15, 0.2) is 49.1 Å². The topological polar surface area (TPSA) is 88.8 Å². The Bertz CT molecular complexity index is 1560. The summed E-state index contributed by atoms with van der Waals surface area (Å²) in [5, 5.41) is 11.0. The standard InChI is InChI=1S/C33H38FN7O2/c1-3-31(42)41-19-18-40(20-23(41)13-15-35)32-27-14-17-39(30-12-11-28(34)25-9-5-6-10-26(25)30)21-29(27)36-33(37-32)43-22-24-8-7-16-38(24)4-2/h3,5-6,9-12,23-24H,1,4,7-8,13-14,16-22H2,2H3. The predicted octanol–water partition coefficient (Wildman–Crippen LogP) is 4.31. The summed E-state index contributed by atoms with van der Waals surface area (Å²) in [5.74, 6) is 0.426. The number of likely N-dealkylation sites (tertiary alicyclic amines) is 1. The Labute approximate surface area is 252 Å². The van der Waals surface area contributed by atoms with E-state index >= 15 is 0 Å². The highest BCUT2D eigenvalue weighted by Crippen LogP contribution is 2.35. The molecule has 3 aliphatic rings. The van der Waals surface area contributed by atoms with Crippen molar-refractivity contribution in [3.05, 3.63) is 66.1 Å². The minimum Gasteiger partial charge on any atom is -0.462 e. The fourth-order valence-corrected chi connectivity index (χ4v) is 6.85. The number of fused-ring (bicyclic) bond motifs is 2. The second-order valence-electron chi connectivity index (χ2n) is 11.5. The lowest BCUT2D eigenvalue weighted by Crippen LogP contribution is -2.55. The van der Waals surface area contributed by atoms with Crippen LogP contribution in [0.25, 0.3) is 10.8 Å². The molecule has 3 aromatic rings. The van der Waals surface area contributed by atoms with E-state index in [0.29, 0.717) is 56.6 Å². The first-order valence-corrected chi connectivity index (χ1v) is 15.2. The lowest BCUT2D eigenvalue weighted by atomic mass is 10.0. The van der Waals surface area contributed by atoms with Crippen LogP contribution in [0.4, 0.5) is 15.9 Å². The van der Waals surface area contributed by atoms with Crippen LogP contribution >= 0.6 is 0 Å². The Balaban J connectivity index is 1.33. The third kappa shape index (κ3) is 5.74. The van der Waals surface area contributed by atoms with Crippen LogP contribution < -0.4 is 14.5 Å². The summed E-state index contributed by atoms with van der Waals surface area (Å²) < 4.78 is 20.9. The van der Waals surface area contributed by atoms with Gasteiger partial charge in [-0.25, -0.2) is 4.39 Å². The van der Waals surface area contributed by atoms with Crippen LogP contribution in [0.3, 0.4) is 0 Å². The van der Waals surface area contributed by atoms with Gasteiger partial charge in [-0.1, -0.05) is 37.8 Å². The molecule has 224 valence electrons. The predicted molar refractivity (Wildman–Crippen MR) is 165 cm³/mol. The average Bonchev–Trinajstić information content (AvgIpc) is 3.51. The van der Waals surface area contributed by atoms with E-state index < -0.39 is 0 Å². The molecule has 0 saturated carbocycles. The van der Waals surface area contributed by atoms with E-state index in [1.807, 2.05) is 30.3 Å². The van der Waals surface area contributed by atoms with E-state index in [4.69, 9.17) is 14.7 Å². The molecule has 3 aliphatic heterocycles. The number of benzene rings is 2. The van der Waals surface area contributed by atoms with Crippen LogP contribution in [0, 0.1) is 17.1 Å². The number of amides is 1. The van der Waals surface area contributed by atoms with E-state index in [1.165, 1.54) is 12.1 Å². The molecule has 1 aromatic heterocycles. The minimum absolute atomic E-state index is 0.159. The van der Waals surface area contributed by atoms with Gasteiger partial charge in [0, 0.05) is 54.2 Å². The maximum Gasteiger partial charge on any atom is 0.318 e. The van der Waals surface area contributed by atoms with E-state index in [2.05, 4.69) is 34.3 Å². The van der Waals surface area contributed by atoms with Gasteiger partial charge in [0.15, 0.2) is 0 Å². The van der Waals surface area contributed by atoms with Gasteiger partial charge in [-0.05, 0) is 50.6 Å². The average molecular weight is 584 g/mol. The fraction of sp³-hybridized carbons (Fsp3) is 0.455. The smallest absolute Gasteiger partial charge is 0.318 e. The van der Waals surface area contributed by atoms with Crippen molar-refractivity contribution in [2.75, 3.05) is 55.7 Å². The van der Waals surface area contributed by atoms with E-state index in [-0.39, 0.29) is 24.2 Å². The van der Waals surface area contributed by atoms with Crippen molar-refractivity contribution in [1.29, 1.82) is 5.26 Å². The molecule has 2 fully saturated rings. The molecule has 2 atom stereocenters. The Hall–Kier alpha value is -4.23. The summed E-state index contributed by atoms with van der Waals surface area (Å²) in [5.41, 5.74) is 2.92. The number of halogens is 1. The second-order valence-corrected chi connectivity index (χ2v) is 11.5. The number of aromatic nitrogens is 2. The molecule has 10 heteroatoms. The van der Waals surface area contributed by atoms with Crippen molar-refractivity contribution in [2.45, 2.75) is 51.2 Å². The van der Waals surface area contributed by atoms with Gasteiger partial charge in [-0.2, -0.15) is 15.2 Å². The zero-order chi connectivity index (χ0) is 29.9. The highest BCUT2D eigenvalue weighted by Gasteiger charge is 2.34. The van der Waals surface area contributed by atoms with E-state index in [9.17, 15) is 14.4 Å². The molecule has 9 nitrogen and oxygen atoms in total. The summed E-state index contributed by atoms with van der Waals surface area (Å²) in [7, 11) is 0. The zero-order valence-corrected chi connectivity index (χ0v) is 24.7. The van der Waals surface area contributed by atoms with Crippen LogP contribution in [0.5, 0.6) is 6.01 Å². The largest absolute Gasteiger partial charge is 0.462 e. The molecule has 0 aliphatic carbocycles. The normalized spacial score (nSPS) is 20.6. The Kier molecular flexibility index (Phi) is 8.43. The quantitative estimate of drug-likeness (QED) is 0.363. The fourth-order valence-electron chi connectivity index (χ4n) is 6.85. The first-order chi connectivity index (χ1) is 21.0. The molecular formula is C33H38FN7O2. The van der Waals surface area contributed by atoms with Crippen molar-refractivity contribution >= 4 is 28.2 Å². The highest BCUT2D eigenvalue weighted by atomic mass is 19.1. The molecule has 0 radical (unpaired) electrons. The summed E-state index contributed by atoms with van der Waals surface area (Å²) >= 11 is 0. The number of rotatable bonds is 8. The Morgan fingerprint density at radius 1 is 1.12 bits per heavy atom. The molecule has 6 rings (SSSR count). The number of anilines is 2. The van der Waals surface area contributed by atoms with Crippen LogP contribution in [-0.4, -0.2) is 83.6 Å². The number of hydrogen-bond donors (Lipinski definition) is 0. The van der Waals surface area contributed by atoms with Gasteiger partial charge < -0.3 is 19.4 Å². The van der Waals surface area contributed by atoms with Gasteiger partial charge in [0.05, 0.1) is 30.8 Å². The van der Waals surface area contributed by atoms with Crippen molar-refractivity contribution < 1.29 is 13.9 Å². The van der Waals surface area contributed by atoms with Gasteiger partial charge in [-0.3, -0.25) is 9.69 Å². The lowest BCUT2D eigenvalue weighted by Gasteiger charge is -2.42. The third-order valence-electron chi connectivity index (χ3n) is 9.09. The number of piperazine rings is 1. The monoisotopic (exact) mass is 583 g/mol. The second kappa shape index (κ2) is 12.6.